The number of nitrogens with two attached hydrogens (primary N) is 2. The quantitative estimate of drug-likeness (QED) is 0.480. The lowest BCUT2D eigenvalue weighted by Gasteiger charge is -2.06. The molecule has 8 heteroatoms. The van der Waals surface area contributed by atoms with Gasteiger partial charge in [0, 0.05) is 25.0 Å². The molecule has 0 saturated carbocycles. The number of rotatable bonds is 5. The Balaban J connectivity index is 2.61. The summed E-state index contributed by atoms with van der Waals surface area (Å²) in [5, 5.41) is 14.8. The van der Waals surface area contributed by atoms with E-state index < -0.39 is 5.91 Å². The number of carbonyl (C=O) groups is 1. The number of hydrogen-bond acceptors (Lipinski definition) is 5. The normalized spacial score (nSPS) is 11.3. The lowest BCUT2D eigenvalue weighted by Crippen LogP contribution is -2.14. The molecule has 2 heterocycles. The summed E-state index contributed by atoms with van der Waals surface area (Å²) in [6.45, 7) is 1.79. The van der Waals surface area contributed by atoms with Crippen molar-refractivity contribution in [3.8, 4) is 11.5 Å². The molecule has 2 rings (SSSR count). The Labute approximate surface area is 132 Å². The number of allylic oxidation sites excluding steroid dienone is 1. The Morgan fingerprint density at radius 2 is 1.96 bits per heavy atom. The fraction of sp³-hybridized carbons (Fsp3) is 0.133. The number of nitrogens with one attached hydrogen (secondary N) is 2. The molecule has 2 aromatic heterocycles. The number of aryl methyl sites for hydroxylation is 1. The number of carbonyl (C=O) groups excluding carboxylic acids is 1. The van der Waals surface area contributed by atoms with Gasteiger partial charge in [-0.1, -0.05) is 0 Å². The number of amides is 1. The summed E-state index contributed by atoms with van der Waals surface area (Å²) >= 11 is 0. The second-order valence-electron chi connectivity index (χ2n) is 4.99. The Kier molecular flexibility index (Phi) is 4.35. The lowest BCUT2D eigenvalue weighted by atomic mass is 10.1. The minimum absolute atomic E-state index is 0.0660. The first-order valence-electron chi connectivity index (χ1n) is 6.71. The summed E-state index contributed by atoms with van der Waals surface area (Å²) < 4.78 is 1.73. The maximum absolute atomic E-state index is 11.3. The molecule has 0 aliphatic carbocycles. The number of aromatic nitrogens is 3. The van der Waals surface area contributed by atoms with E-state index in [1.54, 1.807) is 30.8 Å². The van der Waals surface area contributed by atoms with E-state index in [9.17, 15) is 4.79 Å². The van der Waals surface area contributed by atoms with Crippen LogP contribution >= 0.6 is 0 Å². The van der Waals surface area contributed by atoms with Gasteiger partial charge in [0.15, 0.2) is 5.82 Å². The van der Waals surface area contributed by atoms with Crippen LogP contribution in [-0.2, 0) is 7.05 Å². The first-order chi connectivity index (χ1) is 10.8. The standard InChI is InChI=1S/C15H17N7O/c1-8(5-12(17)18)11-7-22(2)15(21-11)13-9(6-16)3-4-10(20-13)14(19)23/h3-7,16H,1-2H3,(H3,17,18)(H2,19,23)/b8-5+,16-6?. The number of imidazole rings is 1. The van der Waals surface area contributed by atoms with E-state index in [0.29, 0.717) is 22.8 Å². The first kappa shape index (κ1) is 16.1. The maximum atomic E-state index is 11.3. The van der Waals surface area contributed by atoms with Crippen LogP contribution in [0.2, 0.25) is 0 Å². The molecule has 23 heavy (non-hydrogen) atoms. The van der Waals surface area contributed by atoms with E-state index in [2.05, 4.69) is 9.97 Å². The Hall–Kier alpha value is -3.29. The smallest absolute Gasteiger partial charge is 0.267 e. The van der Waals surface area contributed by atoms with E-state index in [1.165, 1.54) is 12.1 Å². The highest BCUT2D eigenvalue weighted by Crippen LogP contribution is 2.23. The molecular formula is C15H17N7O. The molecule has 0 spiro atoms. The van der Waals surface area contributed by atoms with Crippen LogP contribution in [0.3, 0.4) is 0 Å². The zero-order valence-electron chi connectivity index (χ0n) is 12.8. The molecular weight excluding hydrogens is 294 g/mol. The van der Waals surface area contributed by atoms with Crippen molar-refractivity contribution in [2.75, 3.05) is 0 Å². The van der Waals surface area contributed by atoms with Crippen molar-refractivity contribution >= 4 is 23.5 Å². The number of amidine groups is 1. The third kappa shape index (κ3) is 3.31. The van der Waals surface area contributed by atoms with Gasteiger partial charge in [-0.2, -0.15) is 0 Å². The first-order valence-corrected chi connectivity index (χ1v) is 6.71. The number of pyridine rings is 1. The third-order valence-electron chi connectivity index (χ3n) is 3.20. The largest absolute Gasteiger partial charge is 0.384 e. The van der Waals surface area contributed by atoms with Crippen LogP contribution in [0, 0.1) is 10.8 Å². The Morgan fingerprint density at radius 3 is 2.52 bits per heavy atom. The van der Waals surface area contributed by atoms with E-state index in [1.807, 2.05) is 0 Å². The molecule has 0 radical (unpaired) electrons. The minimum Gasteiger partial charge on any atom is -0.384 e. The van der Waals surface area contributed by atoms with Gasteiger partial charge in [0.1, 0.15) is 17.2 Å². The van der Waals surface area contributed by atoms with Crippen LogP contribution in [-0.4, -0.2) is 32.5 Å². The van der Waals surface area contributed by atoms with E-state index in [-0.39, 0.29) is 11.5 Å². The van der Waals surface area contributed by atoms with Crippen LogP contribution in [0.5, 0.6) is 0 Å². The molecule has 0 atom stereocenters. The summed E-state index contributed by atoms with van der Waals surface area (Å²) in [6.07, 6.45) is 4.40. The van der Waals surface area contributed by atoms with E-state index in [4.69, 9.17) is 22.3 Å². The summed E-state index contributed by atoms with van der Waals surface area (Å²) in [5.41, 5.74) is 13.0. The minimum atomic E-state index is -0.648. The van der Waals surface area contributed by atoms with Crippen molar-refractivity contribution in [2.45, 2.75) is 6.92 Å². The van der Waals surface area contributed by atoms with Gasteiger partial charge in [-0.25, -0.2) is 9.97 Å². The third-order valence-corrected chi connectivity index (χ3v) is 3.20. The molecule has 0 fully saturated rings. The number of primary amides is 1. The van der Waals surface area contributed by atoms with Crippen LogP contribution < -0.4 is 11.5 Å². The predicted octanol–water partition coefficient (Wildman–Crippen LogP) is 0.918. The fourth-order valence-corrected chi connectivity index (χ4v) is 2.09. The molecule has 0 saturated heterocycles. The molecule has 0 unspecified atom stereocenters. The van der Waals surface area contributed by atoms with Gasteiger partial charge in [-0.05, 0) is 30.7 Å². The summed E-state index contributed by atoms with van der Waals surface area (Å²) in [7, 11) is 1.78. The Bertz CT molecular complexity index is 832. The van der Waals surface area contributed by atoms with Crippen LogP contribution in [0.15, 0.2) is 24.4 Å². The van der Waals surface area contributed by atoms with Crippen molar-refractivity contribution in [2.24, 2.45) is 18.5 Å². The van der Waals surface area contributed by atoms with Crippen molar-refractivity contribution in [1.29, 1.82) is 10.8 Å². The zero-order valence-corrected chi connectivity index (χ0v) is 12.8. The molecule has 118 valence electrons. The summed E-state index contributed by atoms with van der Waals surface area (Å²) in [4.78, 5) is 20.0. The average molecular weight is 311 g/mol. The van der Waals surface area contributed by atoms with Crippen molar-refractivity contribution in [1.82, 2.24) is 14.5 Å². The summed E-state index contributed by atoms with van der Waals surface area (Å²) in [5.74, 6) is -0.230. The Morgan fingerprint density at radius 1 is 1.26 bits per heavy atom. The zero-order chi connectivity index (χ0) is 17.1. The molecule has 0 bridgehead atoms. The predicted molar refractivity (Wildman–Crippen MR) is 88.4 cm³/mol. The van der Waals surface area contributed by atoms with Gasteiger partial charge >= 0.3 is 0 Å². The number of nitrogens with zero attached hydrogens (tertiary/aromatic N) is 3. The van der Waals surface area contributed by atoms with Crippen LogP contribution in [0.4, 0.5) is 0 Å². The SMILES string of the molecule is C/C(=C\C(=N)N)c1cn(C)c(-c2nc(C(N)=O)ccc2C=N)n1. The molecule has 0 aromatic carbocycles. The average Bonchev–Trinajstić information content (AvgIpc) is 2.87. The second-order valence-corrected chi connectivity index (χ2v) is 4.99. The van der Waals surface area contributed by atoms with Crippen molar-refractivity contribution < 1.29 is 4.79 Å². The van der Waals surface area contributed by atoms with Gasteiger partial charge in [-0.15, -0.1) is 0 Å². The van der Waals surface area contributed by atoms with Gasteiger partial charge in [0.25, 0.3) is 5.91 Å². The van der Waals surface area contributed by atoms with Crippen molar-refractivity contribution in [3.63, 3.8) is 0 Å². The van der Waals surface area contributed by atoms with E-state index >= 15 is 0 Å². The highest BCUT2D eigenvalue weighted by molar-refractivity contribution is 5.96. The van der Waals surface area contributed by atoms with E-state index in [0.717, 1.165) is 11.8 Å². The summed E-state index contributed by atoms with van der Waals surface area (Å²) in [6, 6.07) is 3.07. The van der Waals surface area contributed by atoms with Crippen molar-refractivity contribution in [3.05, 3.63) is 41.4 Å². The molecule has 2 aromatic rings. The fourth-order valence-electron chi connectivity index (χ4n) is 2.09. The lowest BCUT2D eigenvalue weighted by molar-refractivity contribution is 0.0995. The molecule has 0 aliphatic rings. The van der Waals surface area contributed by atoms with Gasteiger partial charge in [0.05, 0.1) is 5.69 Å². The monoisotopic (exact) mass is 311 g/mol. The molecule has 0 aliphatic heterocycles. The molecule has 8 nitrogen and oxygen atoms in total. The van der Waals surface area contributed by atoms with Crippen LogP contribution in [0.25, 0.3) is 17.1 Å². The maximum Gasteiger partial charge on any atom is 0.267 e. The second kappa shape index (κ2) is 6.22. The van der Waals surface area contributed by atoms with Crippen LogP contribution in [0.1, 0.15) is 28.7 Å². The highest BCUT2D eigenvalue weighted by Gasteiger charge is 2.16. The molecule has 6 N–H and O–H groups in total. The topological polar surface area (TPSA) is 148 Å². The van der Waals surface area contributed by atoms with Gasteiger partial charge in [-0.3, -0.25) is 10.2 Å². The van der Waals surface area contributed by atoms with Gasteiger partial charge < -0.3 is 21.4 Å². The van der Waals surface area contributed by atoms with Gasteiger partial charge in [0.2, 0.25) is 0 Å². The number of hydrogen-bond donors (Lipinski definition) is 4. The molecule has 1 amide bonds. The highest BCUT2D eigenvalue weighted by atomic mass is 16.1.